The van der Waals surface area contributed by atoms with Gasteiger partial charge in [-0.1, -0.05) is 24.2 Å². The van der Waals surface area contributed by atoms with Gasteiger partial charge in [-0.05, 0) is 55.7 Å². The number of thioether (sulfide) groups is 1. The maximum absolute atomic E-state index is 13.1. The van der Waals surface area contributed by atoms with Crippen LogP contribution in [0.3, 0.4) is 0 Å². The average molecular weight is 558 g/mol. The summed E-state index contributed by atoms with van der Waals surface area (Å²) in [7, 11) is -3.64. The number of ether oxygens (including phenoxy) is 2. The fraction of sp³-hybridized carbons (Fsp3) is 0.360. The number of anilines is 1. The first kappa shape index (κ1) is 26.2. The van der Waals surface area contributed by atoms with E-state index in [1.165, 1.54) is 10.4 Å². The number of piperidine rings is 1. The SMILES string of the molecule is Cc1ccc(NC(=O)CSc2nnc(-c3ccc4c(c3)OCCO4)c(=O)[nH]2)cc1S(=O)(=O)N1CCCCC1. The summed E-state index contributed by atoms with van der Waals surface area (Å²) >= 11 is 1.01. The first-order valence-electron chi connectivity index (χ1n) is 12.2. The van der Waals surface area contributed by atoms with Crippen LogP contribution in [0, 0.1) is 6.92 Å². The summed E-state index contributed by atoms with van der Waals surface area (Å²) in [6, 6.07) is 9.93. The molecule has 3 aromatic rings. The molecule has 2 aromatic carbocycles. The monoisotopic (exact) mass is 557 g/mol. The summed E-state index contributed by atoms with van der Waals surface area (Å²) < 4.78 is 38.8. The third-order valence-corrected chi connectivity index (χ3v) is 9.14. The predicted octanol–water partition coefficient (Wildman–Crippen LogP) is 2.82. The highest BCUT2D eigenvalue weighted by Crippen LogP contribution is 2.33. The van der Waals surface area contributed by atoms with E-state index < -0.39 is 15.6 Å². The summed E-state index contributed by atoms with van der Waals surface area (Å²) in [6.45, 7) is 3.63. The fourth-order valence-corrected chi connectivity index (χ4v) is 6.67. The lowest BCUT2D eigenvalue weighted by Crippen LogP contribution is -2.36. The number of aryl methyl sites for hydroxylation is 1. The lowest BCUT2D eigenvalue weighted by atomic mass is 10.1. The van der Waals surface area contributed by atoms with Gasteiger partial charge in [0, 0.05) is 24.3 Å². The molecule has 200 valence electrons. The van der Waals surface area contributed by atoms with Gasteiger partial charge in [0.15, 0.2) is 22.3 Å². The van der Waals surface area contributed by atoms with Crippen LogP contribution >= 0.6 is 11.8 Å². The molecule has 0 atom stereocenters. The Bertz CT molecular complexity index is 1520. The molecule has 0 saturated carbocycles. The van der Waals surface area contributed by atoms with Crippen molar-refractivity contribution in [1.82, 2.24) is 19.5 Å². The number of hydrogen-bond acceptors (Lipinski definition) is 9. The molecule has 5 rings (SSSR count). The highest BCUT2D eigenvalue weighted by Gasteiger charge is 2.27. The Kier molecular flexibility index (Phi) is 7.68. The second-order valence-corrected chi connectivity index (χ2v) is 11.8. The van der Waals surface area contributed by atoms with Gasteiger partial charge in [-0.25, -0.2) is 8.42 Å². The normalized spacial score (nSPS) is 15.7. The number of aromatic nitrogens is 3. The maximum Gasteiger partial charge on any atom is 0.278 e. The van der Waals surface area contributed by atoms with E-state index in [1.54, 1.807) is 37.3 Å². The van der Waals surface area contributed by atoms with Gasteiger partial charge in [0.1, 0.15) is 13.2 Å². The van der Waals surface area contributed by atoms with Gasteiger partial charge in [0.05, 0.1) is 10.6 Å². The first-order chi connectivity index (χ1) is 18.3. The summed E-state index contributed by atoms with van der Waals surface area (Å²) in [4.78, 5) is 28.1. The predicted molar refractivity (Wildman–Crippen MR) is 142 cm³/mol. The van der Waals surface area contributed by atoms with E-state index in [2.05, 4.69) is 20.5 Å². The molecule has 2 N–H and O–H groups in total. The Morgan fingerprint density at radius 3 is 2.58 bits per heavy atom. The third kappa shape index (κ3) is 5.69. The number of sulfonamides is 1. The van der Waals surface area contributed by atoms with E-state index in [9.17, 15) is 18.0 Å². The van der Waals surface area contributed by atoms with Gasteiger partial charge in [-0.3, -0.25) is 14.6 Å². The Balaban J connectivity index is 1.23. The molecule has 0 aliphatic carbocycles. The molecule has 2 aliphatic rings. The molecular weight excluding hydrogens is 530 g/mol. The Labute approximate surface area is 224 Å². The van der Waals surface area contributed by atoms with Crippen molar-refractivity contribution >= 4 is 33.4 Å². The van der Waals surface area contributed by atoms with Gasteiger partial charge in [0.25, 0.3) is 5.56 Å². The lowest BCUT2D eigenvalue weighted by Gasteiger charge is -2.26. The molecule has 0 bridgehead atoms. The van der Waals surface area contributed by atoms with Crippen LogP contribution < -0.4 is 20.3 Å². The molecule has 1 fully saturated rings. The highest BCUT2D eigenvalue weighted by molar-refractivity contribution is 7.99. The van der Waals surface area contributed by atoms with E-state index in [0.717, 1.165) is 31.0 Å². The van der Waals surface area contributed by atoms with Crippen molar-refractivity contribution < 1.29 is 22.7 Å². The van der Waals surface area contributed by atoms with Crippen molar-refractivity contribution in [2.75, 3.05) is 37.4 Å². The van der Waals surface area contributed by atoms with Gasteiger partial charge in [-0.15, -0.1) is 10.2 Å². The lowest BCUT2D eigenvalue weighted by molar-refractivity contribution is -0.113. The topological polar surface area (TPSA) is 144 Å². The van der Waals surface area contributed by atoms with Crippen LogP contribution in [0.25, 0.3) is 11.3 Å². The number of nitrogens with zero attached hydrogens (tertiary/aromatic N) is 3. The molecule has 3 heterocycles. The second-order valence-electron chi connectivity index (χ2n) is 8.95. The van der Waals surface area contributed by atoms with Gasteiger partial charge >= 0.3 is 0 Å². The maximum atomic E-state index is 13.1. The van der Waals surface area contributed by atoms with E-state index in [-0.39, 0.29) is 27.4 Å². The van der Waals surface area contributed by atoms with E-state index >= 15 is 0 Å². The molecule has 0 radical (unpaired) electrons. The van der Waals surface area contributed by atoms with Crippen LogP contribution in [-0.2, 0) is 14.8 Å². The number of fused-ring (bicyclic) bond motifs is 1. The average Bonchev–Trinajstić information content (AvgIpc) is 2.93. The van der Waals surface area contributed by atoms with E-state index in [4.69, 9.17) is 9.47 Å². The van der Waals surface area contributed by atoms with E-state index in [0.29, 0.717) is 54.6 Å². The molecular formula is C25H27N5O6S2. The zero-order chi connectivity index (χ0) is 26.7. The van der Waals surface area contributed by atoms with Crippen LogP contribution in [0.1, 0.15) is 24.8 Å². The highest BCUT2D eigenvalue weighted by atomic mass is 32.2. The Morgan fingerprint density at radius 1 is 1.05 bits per heavy atom. The van der Waals surface area contributed by atoms with Crippen LogP contribution in [0.4, 0.5) is 5.69 Å². The van der Waals surface area contributed by atoms with Crippen LogP contribution in [0.15, 0.2) is 51.2 Å². The van der Waals surface area contributed by atoms with Crippen molar-refractivity contribution in [3.63, 3.8) is 0 Å². The second kappa shape index (κ2) is 11.1. The Morgan fingerprint density at radius 2 is 1.82 bits per heavy atom. The number of benzene rings is 2. The van der Waals surface area contributed by atoms with Crippen LogP contribution in [0.2, 0.25) is 0 Å². The fourth-order valence-electron chi connectivity index (χ4n) is 4.30. The van der Waals surface area contributed by atoms with Crippen LogP contribution in [0.5, 0.6) is 11.5 Å². The molecule has 1 amide bonds. The summed E-state index contributed by atoms with van der Waals surface area (Å²) in [5.41, 5.74) is 1.20. The van der Waals surface area contributed by atoms with Crippen molar-refractivity contribution in [2.45, 2.75) is 36.2 Å². The standard InChI is InChI=1S/C25H27N5O6S2/c1-16-5-7-18(14-21(16)38(33,34)30-9-3-2-4-10-30)26-22(31)15-37-25-27-24(32)23(28-29-25)17-6-8-19-20(13-17)36-12-11-35-19/h5-8,13-14H,2-4,9-12,15H2,1H3,(H,26,31)(H,27,29,32). The number of carbonyl (C=O) groups is 1. The van der Waals surface area contributed by atoms with Crippen molar-refractivity contribution in [1.29, 1.82) is 0 Å². The number of hydrogen-bond donors (Lipinski definition) is 2. The molecule has 0 unspecified atom stereocenters. The zero-order valence-electron chi connectivity index (χ0n) is 20.7. The minimum absolute atomic E-state index is 0.0594. The molecule has 11 nitrogen and oxygen atoms in total. The molecule has 2 aliphatic heterocycles. The molecule has 13 heteroatoms. The van der Waals surface area contributed by atoms with Gasteiger partial charge in [0.2, 0.25) is 15.9 Å². The third-order valence-electron chi connectivity index (χ3n) is 6.24. The van der Waals surface area contributed by atoms with Gasteiger partial charge in [-0.2, -0.15) is 4.31 Å². The summed E-state index contributed by atoms with van der Waals surface area (Å²) in [6.07, 6.45) is 2.71. The van der Waals surface area contributed by atoms with Crippen molar-refractivity contribution in [3.8, 4) is 22.8 Å². The number of amides is 1. The molecule has 1 saturated heterocycles. The van der Waals surface area contributed by atoms with Crippen molar-refractivity contribution in [3.05, 3.63) is 52.3 Å². The van der Waals surface area contributed by atoms with E-state index in [1.807, 2.05) is 0 Å². The van der Waals surface area contributed by atoms with Crippen LogP contribution in [-0.4, -0.2) is 65.9 Å². The molecule has 38 heavy (non-hydrogen) atoms. The molecule has 0 spiro atoms. The van der Waals surface area contributed by atoms with Gasteiger partial charge < -0.3 is 14.8 Å². The summed E-state index contributed by atoms with van der Waals surface area (Å²) in [5, 5.41) is 11.0. The zero-order valence-corrected chi connectivity index (χ0v) is 22.4. The quantitative estimate of drug-likeness (QED) is 0.419. The minimum Gasteiger partial charge on any atom is -0.486 e. The number of carbonyl (C=O) groups excluding carboxylic acids is 1. The Hall–Kier alpha value is -3.42. The van der Waals surface area contributed by atoms with Crippen molar-refractivity contribution in [2.24, 2.45) is 0 Å². The number of aromatic amines is 1. The number of H-pyrrole nitrogens is 1. The minimum atomic E-state index is -3.64. The molecule has 1 aromatic heterocycles. The summed E-state index contributed by atoms with van der Waals surface area (Å²) in [5.74, 6) is 0.704. The number of rotatable bonds is 7. The number of nitrogens with one attached hydrogen (secondary N) is 2. The first-order valence-corrected chi connectivity index (χ1v) is 14.6. The smallest absolute Gasteiger partial charge is 0.278 e. The largest absolute Gasteiger partial charge is 0.486 e.